The van der Waals surface area contributed by atoms with Crippen molar-refractivity contribution in [2.24, 2.45) is 0 Å². The van der Waals surface area contributed by atoms with Gasteiger partial charge in [0.05, 0.1) is 0 Å². The van der Waals surface area contributed by atoms with E-state index in [2.05, 4.69) is 14.7 Å². The van der Waals surface area contributed by atoms with Crippen molar-refractivity contribution >= 4 is 16.0 Å². The Balaban J connectivity index is 2.20. The number of hydrogen-bond donors (Lipinski definition) is 3. The Morgan fingerprint density at radius 3 is 2.80 bits per heavy atom. The minimum absolute atomic E-state index is 0.120. The number of aromatic amines is 1. The number of carboxylic acid groups (broad SMARTS) is 1. The molecule has 0 saturated carbocycles. The quantitative estimate of drug-likeness (QED) is 0.766. The molecule has 0 fully saturated rings. The Hall–Kier alpha value is -2.19. The van der Waals surface area contributed by atoms with Crippen LogP contribution in [0.1, 0.15) is 29.0 Å². The maximum atomic E-state index is 12.1. The SMILES string of the molecule is C[C@@H](NS(=O)(=O)c1c[nH]c(C(=O)O)c1)c1cccnc1. The first-order chi connectivity index (χ1) is 9.40. The molecular formula is C12H13N3O4S. The van der Waals surface area contributed by atoms with Gasteiger partial charge in [0.25, 0.3) is 0 Å². The first-order valence-corrected chi connectivity index (χ1v) is 7.22. The van der Waals surface area contributed by atoms with Crippen LogP contribution in [0, 0.1) is 0 Å². The van der Waals surface area contributed by atoms with Crippen molar-refractivity contribution in [2.45, 2.75) is 17.9 Å². The van der Waals surface area contributed by atoms with Gasteiger partial charge in [-0.15, -0.1) is 0 Å². The number of nitrogens with zero attached hydrogens (tertiary/aromatic N) is 1. The zero-order valence-corrected chi connectivity index (χ0v) is 11.4. The molecule has 0 unspecified atom stereocenters. The van der Waals surface area contributed by atoms with E-state index in [0.29, 0.717) is 5.56 Å². The van der Waals surface area contributed by atoms with Gasteiger partial charge in [0.15, 0.2) is 0 Å². The highest BCUT2D eigenvalue weighted by molar-refractivity contribution is 7.89. The third-order valence-corrected chi connectivity index (χ3v) is 4.23. The van der Waals surface area contributed by atoms with Crippen molar-refractivity contribution < 1.29 is 18.3 Å². The molecule has 2 aromatic rings. The number of pyridine rings is 1. The van der Waals surface area contributed by atoms with Crippen LogP contribution in [0.25, 0.3) is 0 Å². The summed E-state index contributed by atoms with van der Waals surface area (Å²) in [4.78, 5) is 16.9. The van der Waals surface area contributed by atoms with Crippen LogP contribution in [0.3, 0.4) is 0 Å². The number of aromatic carboxylic acids is 1. The fourth-order valence-corrected chi connectivity index (χ4v) is 2.88. The summed E-state index contributed by atoms with van der Waals surface area (Å²) in [5.41, 5.74) is 0.532. The maximum absolute atomic E-state index is 12.1. The lowest BCUT2D eigenvalue weighted by Crippen LogP contribution is -2.26. The Labute approximate surface area is 115 Å². The minimum atomic E-state index is -3.79. The summed E-state index contributed by atoms with van der Waals surface area (Å²) in [6.45, 7) is 1.68. The molecule has 0 aliphatic carbocycles. The van der Waals surface area contributed by atoms with Gasteiger partial charge in [-0.05, 0) is 24.6 Å². The molecule has 0 bridgehead atoms. The lowest BCUT2D eigenvalue weighted by Gasteiger charge is -2.13. The molecule has 2 rings (SSSR count). The van der Waals surface area contributed by atoms with Crippen molar-refractivity contribution in [1.29, 1.82) is 0 Å². The smallest absolute Gasteiger partial charge is 0.352 e. The van der Waals surface area contributed by atoms with Crippen molar-refractivity contribution in [1.82, 2.24) is 14.7 Å². The van der Waals surface area contributed by atoms with Gasteiger partial charge in [-0.1, -0.05) is 6.07 Å². The summed E-state index contributed by atoms with van der Waals surface area (Å²) in [5.74, 6) is -1.22. The Morgan fingerprint density at radius 2 is 2.25 bits per heavy atom. The van der Waals surface area contributed by atoms with Crippen LogP contribution in [0.5, 0.6) is 0 Å². The standard InChI is InChI=1S/C12H13N3O4S/c1-8(9-3-2-4-13-6-9)15-20(18,19)10-5-11(12(16)17)14-7-10/h2-8,14-15H,1H3,(H,16,17)/t8-/m1/s1. The number of aromatic nitrogens is 2. The van der Waals surface area contributed by atoms with Crippen molar-refractivity contribution in [3.63, 3.8) is 0 Å². The van der Waals surface area contributed by atoms with E-state index in [9.17, 15) is 13.2 Å². The Kier molecular flexibility index (Phi) is 3.86. The van der Waals surface area contributed by atoms with Crippen LogP contribution in [0.15, 0.2) is 41.7 Å². The average molecular weight is 295 g/mol. The molecule has 2 aromatic heterocycles. The number of nitrogens with one attached hydrogen (secondary N) is 2. The van der Waals surface area contributed by atoms with Gasteiger partial charge >= 0.3 is 5.97 Å². The van der Waals surface area contributed by atoms with Gasteiger partial charge in [0, 0.05) is 24.6 Å². The molecule has 106 valence electrons. The molecule has 0 spiro atoms. The highest BCUT2D eigenvalue weighted by Crippen LogP contribution is 2.16. The normalized spacial score (nSPS) is 13.1. The third kappa shape index (κ3) is 3.03. The summed E-state index contributed by atoms with van der Waals surface area (Å²) < 4.78 is 26.7. The van der Waals surface area contributed by atoms with E-state index in [1.54, 1.807) is 31.5 Å². The molecule has 0 aliphatic heterocycles. The molecule has 0 amide bonds. The molecule has 0 radical (unpaired) electrons. The number of carboxylic acids is 1. The molecule has 20 heavy (non-hydrogen) atoms. The van der Waals surface area contributed by atoms with Gasteiger partial charge in [-0.3, -0.25) is 4.98 Å². The van der Waals surface area contributed by atoms with Crippen LogP contribution in [0.2, 0.25) is 0 Å². The number of hydrogen-bond acceptors (Lipinski definition) is 4. The molecule has 8 heteroatoms. The van der Waals surface area contributed by atoms with E-state index in [4.69, 9.17) is 5.11 Å². The highest BCUT2D eigenvalue weighted by atomic mass is 32.2. The second-order valence-corrected chi connectivity index (χ2v) is 5.90. The molecule has 7 nitrogen and oxygen atoms in total. The lowest BCUT2D eigenvalue weighted by molar-refractivity contribution is 0.0691. The van der Waals surface area contributed by atoms with Gasteiger partial charge < -0.3 is 10.1 Å². The van der Waals surface area contributed by atoms with E-state index in [0.717, 1.165) is 12.3 Å². The molecule has 0 saturated heterocycles. The lowest BCUT2D eigenvalue weighted by atomic mass is 10.2. The van der Waals surface area contributed by atoms with E-state index >= 15 is 0 Å². The third-order valence-electron chi connectivity index (χ3n) is 2.71. The van der Waals surface area contributed by atoms with Crippen LogP contribution in [0.4, 0.5) is 0 Å². The number of H-pyrrole nitrogens is 1. The van der Waals surface area contributed by atoms with E-state index in [-0.39, 0.29) is 10.6 Å². The highest BCUT2D eigenvalue weighted by Gasteiger charge is 2.21. The summed E-state index contributed by atoms with van der Waals surface area (Å²) in [7, 11) is -3.79. The zero-order chi connectivity index (χ0) is 14.8. The number of carbonyl (C=O) groups is 1. The molecule has 3 N–H and O–H groups in total. The zero-order valence-electron chi connectivity index (χ0n) is 10.6. The second-order valence-electron chi connectivity index (χ2n) is 4.18. The first kappa shape index (κ1) is 14.2. The van der Waals surface area contributed by atoms with E-state index in [1.807, 2.05) is 0 Å². The summed E-state index contributed by atoms with van der Waals surface area (Å²) >= 11 is 0. The molecule has 2 heterocycles. The van der Waals surface area contributed by atoms with Crippen LogP contribution in [-0.2, 0) is 10.0 Å². The van der Waals surface area contributed by atoms with Crippen molar-refractivity contribution in [2.75, 3.05) is 0 Å². The predicted molar refractivity (Wildman–Crippen MR) is 70.7 cm³/mol. The number of rotatable bonds is 5. The average Bonchev–Trinajstić information content (AvgIpc) is 2.90. The first-order valence-electron chi connectivity index (χ1n) is 5.74. The van der Waals surface area contributed by atoms with Crippen LogP contribution in [-0.4, -0.2) is 29.5 Å². The van der Waals surface area contributed by atoms with Crippen LogP contribution >= 0.6 is 0 Å². The monoisotopic (exact) mass is 295 g/mol. The molecular weight excluding hydrogens is 282 g/mol. The number of sulfonamides is 1. The van der Waals surface area contributed by atoms with Crippen molar-refractivity contribution in [3.05, 3.63) is 48.0 Å². The molecule has 1 atom stereocenters. The Morgan fingerprint density at radius 1 is 1.50 bits per heavy atom. The maximum Gasteiger partial charge on any atom is 0.352 e. The van der Waals surface area contributed by atoms with E-state index in [1.165, 1.54) is 0 Å². The van der Waals surface area contributed by atoms with Gasteiger partial charge in [-0.2, -0.15) is 0 Å². The van der Waals surface area contributed by atoms with Gasteiger partial charge in [0.2, 0.25) is 10.0 Å². The Bertz CT molecular complexity index is 709. The predicted octanol–water partition coefficient (Wildman–Crippen LogP) is 1.15. The second kappa shape index (κ2) is 5.43. The fraction of sp³-hybridized carbons (Fsp3) is 0.167. The fourth-order valence-electron chi connectivity index (χ4n) is 1.65. The largest absolute Gasteiger partial charge is 0.477 e. The van der Waals surface area contributed by atoms with Gasteiger partial charge in [-0.25, -0.2) is 17.9 Å². The van der Waals surface area contributed by atoms with Crippen LogP contribution < -0.4 is 4.72 Å². The summed E-state index contributed by atoms with van der Waals surface area (Å²) in [6.07, 6.45) is 4.30. The topological polar surface area (TPSA) is 112 Å². The summed E-state index contributed by atoms with van der Waals surface area (Å²) in [6, 6.07) is 4.05. The summed E-state index contributed by atoms with van der Waals surface area (Å²) in [5, 5.41) is 8.77. The minimum Gasteiger partial charge on any atom is -0.477 e. The van der Waals surface area contributed by atoms with Gasteiger partial charge in [0.1, 0.15) is 10.6 Å². The molecule has 0 aromatic carbocycles. The molecule has 0 aliphatic rings. The van der Waals surface area contributed by atoms with Crippen molar-refractivity contribution in [3.8, 4) is 0 Å². The van der Waals surface area contributed by atoms with E-state index < -0.39 is 22.0 Å².